The lowest BCUT2D eigenvalue weighted by molar-refractivity contribution is -0.137. The zero-order valence-corrected chi connectivity index (χ0v) is 7.43. The monoisotopic (exact) mass is 184 g/mol. The number of aliphatic carboxylic acids is 1. The Morgan fingerprint density at radius 3 is 3.08 bits per heavy atom. The van der Waals surface area contributed by atoms with Crippen LogP contribution in [0.3, 0.4) is 0 Å². The van der Waals surface area contributed by atoms with Gasteiger partial charge >= 0.3 is 5.97 Å². The average Bonchev–Trinajstić information content (AvgIpc) is 2.55. The minimum atomic E-state index is -0.777. The highest BCUT2D eigenvalue weighted by Gasteiger charge is 2.05. The third kappa shape index (κ3) is 3.14. The van der Waals surface area contributed by atoms with E-state index in [2.05, 4.69) is 4.98 Å². The van der Waals surface area contributed by atoms with Gasteiger partial charge in [-0.05, 0) is 6.42 Å². The van der Waals surface area contributed by atoms with Crippen molar-refractivity contribution in [3.8, 4) is 0 Å². The Balaban J connectivity index is 2.26. The van der Waals surface area contributed by atoms with Gasteiger partial charge in [-0.1, -0.05) is 0 Å². The maximum Gasteiger partial charge on any atom is 0.303 e. The molecule has 5 heteroatoms. The highest BCUT2D eigenvalue weighted by molar-refractivity contribution is 5.66. The third-order valence-corrected chi connectivity index (χ3v) is 1.63. The largest absolute Gasteiger partial charge is 0.481 e. The van der Waals surface area contributed by atoms with Gasteiger partial charge in [-0.15, -0.1) is 0 Å². The van der Waals surface area contributed by atoms with Gasteiger partial charge in [0.25, 0.3) is 6.01 Å². The van der Waals surface area contributed by atoms with Crippen molar-refractivity contribution in [3.63, 3.8) is 0 Å². The van der Waals surface area contributed by atoms with E-state index in [1.165, 1.54) is 6.26 Å². The van der Waals surface area contributed by atoms with Crippen molar-refractivity contribution in [1.82, 2.24) is 4.98 Å². The van der Waals surface area contributed by atoms with Crippen LogP contribution in [0.15, 0.2) is 16.9 Å². The number of carboxylic acid groups (broad SMARTS) is 1. The summed E-state index contributed by atoms with van der Waals surface area (Å²) in [7, 11) is 1.81. The summed E-state index contributed by atoms with van der Waals surface area (Å²) in [4.78, 5) is 15.9. The van der Waals surface area contributed by atoms with Crippen molar-refractivity contribution in [2.75, 3.05) is 18.5 Å². The van der Waals surface area contributed by atoms with Crippen LogP contribution in [-0.4, -0.2) is 29.7 Å². The summed E-state index contributed by atoms with van der Waals surface area (Å²) in [5, 5.41) is 8.40. The van der Waals surface area contributed by atoms with Crippen LogP contribution < -0.4 is 4.90 Å². The van der Waals surface area contributed by atoms with Gasteiger partial charge in [0.1, 0.15) is 6.26 Å². The number of oxazole rings is 1. The summed E-state index contributed by atoms with van der Waals surface area (Å²) in [5.41, 5.74) is 0. The van der Waals surface area contributed by atoms with Crippen LogP contribution in [0.5, 0.6) is 0 Å². The van der Waals surface area contributed by atoms with E-state index in [0.29, 0.717) is 19.0 Å². The molecule has 13 heavy (non-hydrogen) atoms. The van der Waals surface area contributed by atoms with Crippen LogP contribution in [0.2, 0.25) is 0 Å². The Bertz CT molecular complexity index is 258. The molecule has 1 aromatic heterocycles. The van der Waals surface area contributed by atoms with Gasteiger partial charge in [0.15, 0.2) is 0 Å². The van der Waals surface area contributed by atoms with Crippen molar-refractivity contribution in [2.24, 2.45) is 0 Å². The zero-order valence-electron chi connectivity index (χ0n) is 7.43. The molecule has 72 valence electrons. The second kappa shape index (κ2) is 4.49. The standard InChI is InChI=1S/C8H12N2O3/c1-10(5-2-3-7(11)12)8-9-4-6-13-8/h4,6H,2-3,5H2,1H3,(H,11,12). The van der Waals surface area contributed by atoms with E-state index in [1.807, 2.05) is 7.05 Å². The fourth-order valence-electron chi connectivity index (χ4n) is 0.968. The van der Waals surface area contributed by atoms with Gasteiger partial charge in [0.05, 0.1) is 6.20 Å². The van der Waals surface area contributed by atoms with Crippen LogP contribution >= 0.6 is 0 Å². The number of anilines is 1. The fourth-order valence-corrected chi connectivity index (χ4v) is 0.968. The first-order chi connectivity index (χ1) is 6.20. The van der Waals surface area contributed by atoms with E-state index in [1.54, 1.807) is 11.1 Å². The molecular formula is C8H12N2O3. The first kappa shape index (κ1) is 9.57. The number of nitrogens with zero attached hydrogens (tertiary/aromatic N) is 2. The second-order valence-electron chi connectivity index (χ2n) is 2.73. The van der Waals surface area contributed by atoms with Gasteiger partial charge in [-0.2, -0.15) is 0 Å². The smallest absolute Gasteiger partial charge is 0.303 e. The Kier molecular flexibility index (Phi) is 3.31. The van der Waals surface area contributed by atoms with Crippen molar-refractivity contribution in [3.05, 3.63) is 12.5 Å². The maximum absolute atomic E-state index is 10.2. The molecule has 0 saturated carbocycles. The summed E-state index contributed by atoms with van der Waals surface area (Å²) in [6.07, 6.45) is 3.81. The number of carbonyl (C=O) groups is 1. The number of hydrogen-bond donors (Lipinski definition) is 1. The highest BCUT2D eigenvalue weighted by atomic mass is 16.4. The van der Waals surface area contributed by atoms with Crippen molar-refractivity contribution >= 4 is 12.0 Å². The summed E-state index contributed by atoms with van der Waals surface area (Å²) in [6, 6.07) is 0.519. The van der Waals surface area contributed by atoms with Gasteiger partial charge in [0, 0.05) is 20.0 Å². The Morgan fingerprint density at radius 2 is 2.54 bits per heavy atom. The summed E-state index contributed by atoms with van der Waals surface area (Å²) in [5.74, 6) is -0.777. The molecule has 0 aliphatic carbocycles. The maximum atomic E-state index is 10.2. The molecule has 0 amide bonds. The van der Waals surface area contributed by atoms with E-state index < -0.39 is 5.97 Å². The molecule has 0 aromatic carbocycles. The molecule has 0 radical (unpaired) electrons. The molecule has 1 heterocycles. The van der Waals surface area contributed by atoms with E-state index in [-0.39, 0.29) is 6.42 Å². The predicted molar refractivity (Wildman–Crippen MR) is 46.6 cm³/mol. The minimum Gasteiger partial charge on any atom is -0.481 e. The molecule has 0 unspecified atom stereocenters. The summed E-state index contributed by atoms with van der Waals surface area (Å²) in [6.45, 7) is 0.632. The first-order valence-corrected chi connectivity index (χ1v) is 4.02. The molecule has 0 spiro atoms. The van der Waals surface area contributed by atoms with Crippen LogP contribution in [0.1, 0.15) is 12.8 Å². The molecular weight excluding hydrogens is 172 g/mol. The first-order valence-electron chi connectivity index (χ1n) is 4.02. The summed E-state index contributed by atoms with van der Waals surface area (Å²) >= 11 is 0. The zero-order chi connectivity index (χ0) is 9.68. The molecule has 1 N–H and O–H groups in total. The van der Waals surface area contributed by atoms with E-state index in [9.17, 15) is 4.79 Å². The number of rotatable bonds is 5. The average molecular weight is 184 g/mol. The molecule has 5 nitrogen and oxygen atoms in total. The number of aromatic nitrogens is 1. The molecule has 0 saturated heterocycles. The Labute approximate surface area is 76.0 Å². The lowest BCUT2D eigenvalue weighted by Crippen LogP contribution is -2.19. The normalized spacial score (nSPS) is 9.92. The Morgan fingerprint density at radius 1 is 1.77 bits per heavy atom. The van der Waals surface area contributed by atoms with E-state index >= 15 is 0 Å². The van der Waals surface area contributed by atoms with Gasteiger partial charge in [-0.3, -0.25) is 4.79 Å². The van der Waals surface area contributed by atoms with E-state index in [0.717, 1.165) is 0 Å². The number of carboxylic acids is 1. The molecule has 0 aliphatic rings. The summed E-state index contributed by atoms with van der Waals surface area (Å²) < 4.78 is 5.02. The van der Waals surface area contributed by atoms with Gasteiger partial charge < -0.3 is 14.4 Å². The molecule has 1 aromatic rings. The fraction of sp³-hybridized carbons (Fsp3) is 0.500. The third-order valence-electron chi connectivity index (χ3n) is 1.63. The molecule has 0 atom stereocenters. The van der Waals surface area contributed by atoms with Crippen LogP contribution in [0.4, 0.5) is 6.01 Å². The minimum absolute atomic E-state index is 0.172. The Hall–Kier alpha value is -1.52. The topological polar surface area (TPSA) is 66.6 Å². The van der Waals surface area contributed by atoms with Gasteiger partial charge in [0.2, 0.25) is 0 Å². The van der Waals surface area contributed by atoms with Crippen molar-refractivity contribution in [1.29, 1.82) is 0 Å². The quantitative estimate of drug-likeness (QED) is 0.738. The SMILES string of the molecule is CN(CCCC(=O)O)c1ncco1. The van der Waals surface area contributed by atoms with Crippen molar-refractivity contribution in [2.45, 2.75) is 12.8 Å². The van der Waals surface area contributed by atoms with Crippen LogP contribution in [0, 0.1) is 0 Å². The number of hydrogen-bond acceptors (Lipinski definition) is 4. The molecule has 1 rings (SSSR count). The van der Waals surface area contributed by atoms with Gasteiger partial charge in [-0.25, -0.2) is 4.98 Å². The second-order valence-corrected chi connectivity index (χ2v) is 2.73. The van der Waals surface area contributed by atoms with Crippen LogP contribution in [-0.2, 0) is 4.79 Å². The lowest BCUT2D eigenvalue weighted by Gasteiger charge is -2.12. The predicted octanol–water partition coefficient (Wildman–Crippen LogP) is 0.976. The van der Waals surface area contributed by atoms with Crippen LogP contribution in [0.25, 0.3) is 0 Å². The van der Waals surface area contributed by atoms with E-state index in [4.69, 9.17) is 9.52 Å². The molecule has 0 bridgehead atoms. The molecule has 0 aliphatic heterocycles. The van der Waals surface area contributed by atoms with Crippen molar-refractivity contribution < 1.29 is 14.3 Å². The highest BCUT2D eigenvalue weighted by Crippen LogP contribution is 2.08. The molecule has 0 fully saturated rings. The lowest BCUT2D eigenvalue weighted by atomic mass is 10.3.